The number of aromatic nitrogens is 1. The maximum Gasteiger partial charge on any atom is 0.410 e. The number of carbonyl (C=O) groups is 2. The summed E-state index contributed by atoms with van der Waals surface area (Å²) < 4.78 is 11.8. The van der Waals surface area contributed by atoms with Crippen LogP contribution in [0.5, 0.6) is 5.75 Å². The van der Waals surface area contributed by atoms with Gasteiger partial charge in [0.25, 0.3) is 0 Å². The van der Waals surface area contributed by atoms with Gasteiger partial charge in [-0.25, -0.2) is 4.79 Å². The minimum atomic E-state index is -0.519. The van der Waals surface area contributed by atoms with Crippen molar-refractivity contribution in [2.45, 2.75) is 66.1 Å². The van der Waals surface area contributed by atoms with Crippen molar-refractivity contribution in [3.8, 4) is 16.9 Å². The van der Waals surface area contributed by atoms with Crippen LogP contribution < -0.4 is 4.74 Å². The molecule has 0 saturated heterocycles. The quantitative estimate of drug-likeness (QED) is 0.358. The molecule has 0 spiro atoms. The van der Waals surface area contributed by atoms with Crippen LogP contribution in [0.1, 0.15) is 66.9 Å². The normalized spacial score (nSPS) is 13.5. The Hall–Kier alpha value is -3.67. The first-order chi connectivity index (χ1) is 17.6. The number of aryl methyl sites for hydroxylation is 1. The molecule has 1 amide bonds. The van der Waals surface area contributed by atoms with E-state index in [0.29, 0.717) is 37.4 Å². The zero-order valence-corrected chi connectivity index (χ0v) is 22.5. The number of nitrogens with zero attached hydrogens (tertiary/aromatic N) is 2. The summed E-state index contributed by atoms with van der Waals surface area (Å²) in [6, 6.07) is 16.0. The predicted molar refractivity (Wildman–Crippen MR) is 145 cm³/mol. The SMILES string of the molecule is CCC(=O)c1ccc(OCc2cc(C)ccn2)c(-c2ccc3c(c2)CCN(C(=O)OC(C)(C)C)CC3)c1. The Morgan fingerprint density at radius 2 is 1.73 bits per heavy atom. The average Bonchev–Trinajstić information content (AvgIpc) is 3.08. The van der Waals surface area contributed by atoms with Gasteiger partial charge in [-0.2, -0.15) is 0 Å². The number of pyridine rings is 1. The minimum absolute atomic E-state index is 0.0934. The van der Waals surface area contributed by atoms with Gasteiger partial charge in [-0.15, -0.1) is 0 Å². The lowest BCUT2D eigenvalue weighted by Crippen LogP contribution is -2.38. The van der Waals surface area contributed by atoms with Gasteiger partial charge >= 0.3 is 6.09 Å². The van der Waals surface area contributed by atoms with Crippen LogP contribution in [-0.2, 0) is 24.2 Å². The van der Waals surface area contributed by atoms with Crippen LogP contribution in [-0.4, -0.2) is 40.5 Å². The number of hydrogen-bond acceptors (Lipinski definition) is 5. The van der Waals surface area contributed by atoms with E-state index in [2.05, 4.69) is 23.2 Å². The van der Waals surface area contributed by atoms with Gasteiger partial charge in [0.1, 0.15) is 18.0 Å². The lowest BCUT2D eigenvalue weighted by molar-refractivity contribution is 0.0258. The maximum atomic E-state index is 12.6. The molecule has 6 nitrogen and oxygen atoms in total. The molecule has 1 aliphatic rings. The van der Waals surface area contributed by atoms with E-state index < -0.39 is 5.60 Å². The highest BCUT2D eigenvalue weighted by molar-refractivity contribution is 5.97. The second kappa shape index (κ2) is 11.2. The Morgan fingerprint density at radius 1 is 0.973 bits per heavy atom. The summed E-state index contributed by atoms with van der Waals surface area (Å²) in [6.07, 6.45) is 3.46. The molecule has 3 aromatic rings. The van der Waals surface area contributed by atoms with Gasteiger partial charge in [0, 0.05) is 36.8 Å². The third kappa shape index (κ3) is 6.76. The van der Waals surface area contributed by atoms with Crippen LogP contribution in [0, 0.1) is 6.92 Å². The number of fused-ring (bicyclic) bond motifs is 1. The molecule has 2 aromatic carbocycles. The lowest BCUT2D eigenvalue weighted by atomic mass is 9.94. The Kier molecular flexibility index (Phi) is 7.96. The Balaban J connectivity index is 1.61. The van der Waals surface area contributed by atoms with Gasteiger partial charge in [0.05, 0.1) is 5.69 Å². The number of ketones is 1. The molecular formula is C31H36N2O4. The zero-order chi connectivity index (χ0) is 26.6. The molecule has 6 heteroatoms. The number of amides is 1. The molecule has 2 heterocycles. The fourth-order valence-corrected chi connectivity index (χ4v) is 4.49. The van der Waals surface area contributed by atoms with E-state index >= 15 is 0 Å². The largest absolute Gasteiger partial charge is 0.487 e. The van der Waals surface area contributed by atoms with Crippen molar-refractivity contribution in [1.29, 1.82) is 0 Å². The fourth-order valence-electron chi connectivity index (χ4n) is 4.49. The molecule has 0 fully saturated rings. The molecule has 1 aromatic heterocycles. The van der Waals surface area contributed by atoms with Crippen LogP contribution in [0.2, 0.25) is 0 Å². The van der Waals surface area contributed by atoms with Gasteiger partial charge in [-0.05, 0) is 93.1 Å². The summed E-state index contributed by atoms with van der Waals surface area (Å²) in [4.78, 5) is 31.3. The van der Waals surface area contributed by atoms with Crippen molar-refractivity contribution in [3.63, 3.8) is 0 Å². The van der Waals surface area contributed by atoms with Crippen LogP contribution in [0.15, 0.2) is 54.7 Å². The molecule has 0 atom stereocenters. The van der Waals surface area contributed by atoms with Crippen molar-refractivity contribution < 1.29 is 19.1 Å². The van der Waals surface area contributed by atoms with E-state index in [1.165, 1.54) is 11.1 Å². The van der Waals surface area contributed by atoms with E-state index in [0.717, 1.165) is 35.2 Å². The molecule has 0 unspecified atom stereocenters. The standard InChI is InChI=1S/C31H36N2O4/c1-6-28(34)25-9-10-29(36-20-26-17-21(2)11-14-32-26)27(19-25)24-8-7-22-12-15-33(16-13-23(22)18-24)30(35)37-31(3,4)5/h7-11,14,17-19H,6,12-13,15-16,20H2,1-5H3. The molecule has 0 radical (unpaired) electrons. The van der Waals surface area contributed by atoms with E-state index in [9.17, 15) is 9.59 Å². The molecule has 1 aliphatic heterocycles. The van der Waals surface area contributed by atoms with E-state index in [1.54, 1.807) is 11.1 Å². The summed E-state index contributed by atoms with van der Waals surface area (Å²) in [5.41, 5.74) is 6.42. The number of benzene rings is 2. The number of rotatable bonds is 6. The first-order valence-corrected chi connectivity index (χ1v) is 12.9. The molecule has 0 bridgehead atoms. The average molecular weight is 501 g/mol. The molecule has 4 rings (SSSR count). The zero-order valence-electron chi connectivity index (χ0n) is 22.5. The van der Waals surface area contributed by atoms with Crippen molar-refractivity contribution >= 4 is 11.9 Å². The van der Waals surface area contributed by atoms with Gasteiger partial charge < -0.3 is 14.4 Å². The highest BCUT2D eigenvalue weighted by atomic mass is 16.6. The van der Waals surface area contributed by atoms with Crippen LogP contribution in [0.3, 0.4) is 0 Å². The number of carbonyl (C=O) groups excluding carboxylic acids is 2. The van der Waals surface area contributed by atoms with E-state index in [1.807, 2.05) is 65.0 Å². The van der Waals surface area contributed by atoms with E-state index in [4.69, 9.17) is 9.47 Å². The Morgan fingerprint density at radius 3 is 2.43 bits per heavy atom. The first kappa shape index (κ1) is 26.4. The number of hydrogen-bond donors (Lipinski definition) is 0. The van der Waals surface area contributed by atoms with Crippen molar-refractivity contribution in [1.82, 2.24) is 9.88 Å². The monoisotopic (exact) mass is 500 g/mol. The topological polar surface area (TPSA) is 68.7 Å². The van der Waals surface area contributed by atoms with Crippen molar-refractivity contribution in [3.05, 3.63) is 82.7 Å². The molecule has 37 heavy (non-hydrogen) atoms. The Labute approximate surface area is 219 Å². The number of Topliss-reactive ketones (excluding diaryl/α,β-unsaturated/α-hetero) is 1. The molecule has 0 N–H and O–H groups in total. The molecule has 0 aliphatic carbocycles. The smallest absolute Gasteiger partial charge is 0.410 e. The lowest BCUT2D eigenvalue weighted by Gasteiger charge is -2.26. The van der Waals surface area contributed by atoms with Gasteiger partial charge in [-0.1, -0.05) is 25.1 Å². The Bertz CT molecular complexity index is 1290. The van der Waals surface area contributed by atoms with Crippen LogP contribution in [0.4, 0.5) is 4.79 Å². The second-order valence-corrected chi connectivity index (χ2v) is 10.6. The predicted octanol–water partition coefficient (Wildman–Crippen LogP) is 6.56. The highest BCUT2D eigenvalue weighted by Crippen LogP contribution is 2.34. The highest BCUT2D eigenvalue weighted by Gasteiger charge is 2.24. The van der Waals surface area contributed by atoms with Crippen molar-refractivity contribution in [2.24, 2.45) is 0 Å². The second-order valence-electron chi connectivity index (χ2n) is 10.6. The minimum Gasteiger partial charge on any atom is -0.487 e. The molecule has 194 valence electrons. The summed E-state index contributed by atoms with van der Waals surface area (Å²) in [5.74, 6) is 0.802. The molecular weight excluding hydrogens is 464 g/mol. The fraction of sp³-hybridized carbons (Fsp3) is 0.387. The van der Waals surface area contributed by atoms with Crippen LogP contribution in [0.25, 0.3) is 11.1 Å². The summed E-state index contributed by atoms with van der Waals surface area (Å²) >= 11 is 0. The first-order valence-electron chi connectivity index (χ1n) is 12.9. The van der Waals surface area contributed by atoms with Gasteiger partial charge in [0.15, 0.2) is 5.78 Å². The third-order valence-electron chi connectivity index (χ3n) is 6.44. The summed E-state index contributed by atoms with van der Waals surface area (Å²) in [7, 11) is 0. The summed E-state index contributed by atoms with van der Waals surface area (Å²) in [6.45, 7) is 11.1. The van der Waals surface area contributed by atoms with Crippen LogP contribution >= 0.6 is 0 Å². The van der Waals surface area contributed by atoms with Gasteiger partial charge in [0.2, 0.25) is 0 Å². The number of ether oxygens (including phenoxy) is 2. The van der Waals surface area contributed by atoms with Crippen molar-refractivity contribution in [2.75, 3.05) is 13.1 Å². The van der Waals surface area contributed by atoms with E-state index in [-0.39, 0.29) is 11.9 Å². The van der Waals surface area contributed by atoms with Gasteiger partial charge in [-0.3, -0.25) is 9.78 Å². The maximum absolute atomic E-state index is 12.6. The molecule has 0 saturated carbocycles. The summed E-state index contributed by atoms with van der Waals surface area (Å²) in [5, 5.41) is 0. The third-order valence-corrected chi connectivity index (χ3v) is 6.44.